The number of piperazine rings is 1. The Hall–Kier alpha value is -2.34. The number of carboxylic acids is 1. The molecule has 0 aromatic heterocycles. The minimum absolute atomic E-state index is 0.00137. The van der Waals surface area contributed by atoms with Crippen molar-refractivity contribution in [2.24, 2.45) is 23.7 Å². The largest absolute Gasteiger partial charge is 0.550 e. The van der Waals surface area contributed by atoms with Crippen LogP contribution in [0.2, 0.25) is 0 Å². The number of quaternary nitrogens is 1. The zero-order valence-electron chi connectivity index (χ0n) is 15.6. The highest BCUT2D eigenvalue weighted by atomic mass is 16.5. The van der Waals surface area contributed by atoms with Gasteiger partial charge in [0.1, 0.15) is 12.3 Å². The van der Waals surface area contributed by atoms with Crippen LogP contribution in [0, 0.1) is 23.7 Å². The Morgan fingerprint density at radius 3 is 2.56 bits per heavy atom. The number of nitrogens with zero attached hydrogens (tertiary/aromatic N) is 1. The monoisotopic (exact) mass is 370 g/mol. The van der Waals surface area contributed by atoms with Crippen molar-refractivity contribution < 1.29 is 24.3 Å². The van der Waals surface area contributed by atoms with Crippen LogP contribution in [0.4, 0.5) is 0 Å². The first-order chi connectivity index (χ1) is 13.1. The maximum atomic E-state index is 13.0. The molecule has 2 fully saturated rings. The molecule has 1 saturated carbocycles. The smallest absolute Gasteiger partial charge is 0.227 e. The summed E-state index contributed by atoms with van der Waals surface area (Å²) in [6.45, 7) is 3.99. The molecule has 2 aliphatic carbocycles. The topological polar surface area (TPSA) is 74.1 Å². The van der Waals surface area contributed by atoms with Gasteiger partial charge < -0.3 is 24.4 Å². The predicted molar refractivity (Wildman–Crippen MR) is 96.7 cm³/mol. The quantitative estimate of drug-likeness (QED) is 0.683. The molecule has 6 heteroatoms. The van der Waals surface area contributed by atoms with E-state index < -0.39 is 17.8 Å². The van der Waals surface area contributed by atoms with Crippen molar-refractivity contribution in [2.45, 2.75) is 13.0 Å². The van der Waals surface area contributed by atoms with Crippen molar-refractivity contribution >= 4 is 11.9 Å². The number of nitrogens with one attached hydrogen (secondary N) is 1. The van der Waals surface area contributed by atoms with E-state index in [0.29, 0.717) is 13.1 Å². The number of amides is 1. The SMILES string of the molecule is COc1cccc(C[NH+]2CCN(C(=O)[C@@H]3[C@@H](C(=O)[O-])[C@H]4C=C[C@@H]3C4)CC2)c1. The molecule has 2 bridgehead atoms. The fourth-order valence-corrected chi connectivity index (χ4v) is 4.98. The second-order valence-corrected chi connectivity index (χ2v) is 7.92. The van der Waals surface area contributed by atoms with E-state index in [2.05, 4.69) is 12.1 Å². The number of benzene rings is 1. The fourth-order valence-electron chi connectivity index (χ4n) is 4.98. The van der Waals surface area contributed by atoms with Crippen molar-refractivity contribution in [1.29, 1.82) is 0 Å². The summed E-state index contributed by atoms with van der Waals surface area (Å²) in [5.41, 5.74) is 1.22. The third-order valence-corrected chi connectivity index (χ3v) is 6.39. The molecule has 4 atom stereocenters. The van der Waals surface area contributed by atoms with Gasteiger partial charge in [0, 0.05) is 17.5 Å². The zero-order chi connectivity index (χ0) is 19.0. The van der Waals surface area contributed by atoms with E-state index in [-0.39, 0.29) is 17.7 Å². The molecule has 4 rings (SSSR count). The molecule has 1 heterocycles. The minimum Gasteiger partial charge on any atom is -0.550 e. The molecule has 1 N–H and O–H groups in total. The molecule has 144 valence electrons. The number of hydrogen-bond acceptors (Lipinski definition) is 4. The van der Waals surface area contributed by atoms with Crippen LogP contribution in [0.3, 0.4) is 0 Å². The van der Waals surface area contributed by atoms with Gasteiger partial charge in [-0.05, 0) is 30.4 Å². The minimum atomic E-state index is -1.08. The molecule has 1 saturated heterocycles. The Labute approximate surface area is 159 Å². The van der Waals surface area contributed by atoms with Gasteiger partial charge in [0.25, 0.3) is 0 Å². The van der Waals surface area contributed by atoms with Gasteiger partial charge in [0.15, 0.2) is 0 Å². The zero-order valence-corrected chi connectivity index (χ0v) is 15.6. The summed E-state index contributed by atoms with van der Waals surface area (Å²) in [4.78, 5) is 27.9. The second kappa shape index (κ2) is 7.35. The van der Waals surface area contributed by atoms with Crippen molar-refractivity contribution in [3.05, 3.63) is 42.0 Å². The van der Waals surface area contributed by atoms with E-state index in [1.165, 1.54) is 10.5 Å². The molecule has 27 heavy (non-hydrogen) atoms. The van der Waals surface area contributed by atoms with E-state index >= 15 is 0 Å². The van der Waals surface area contributed by atoms with Crippen molar-refractivity contribution in [2.75, 3.05) is 33.3 Å². The lowest BCUT2D eigenvalue weighted by atomic mass is 9.82. The highest BCUT2D eigenvalue weighted by molar-refractivity contribution is 5.86. The highest BCUT2D eigenvalue weighted by Gasteiger charge is 2.50. The molecule has 0 radical (unpaired) electrons. The fraction of sp³-hybridized carbons (Fsp3) is 0.524. The van der Waals surface area contributed by atoms with E-state index in [1.54, 1.807) is 7.11 Å². The van der Waals surface area contributed by atoms with Crippen molar-refractivity contribution in [3.63, 3.8) is 0 Å². The molecule has 0 spiro atoms. The van der Waals surface area contributed by atoms with Gasteiger partial charge in [-0.3, -0.25) is 4.79 Å². The van der Waals surface area contributed by atoms with Crippen LogP contribution >= 0.6 is 0 Å². The third-order valence-electron chi connectivity index (χ3n) is 6.39. The van der Waals surface area contributed by atoms with E-state index in [9.17, 15) is 14.7 Å². The molecule has 1 aromatic rings. The first-order valence-corrected chi connectivity index (χ1v) is 9.71. The van der Waals surface area contributed by atoms with Gasteiger partial charge in [-0.2, -0.15) is 0 Å². The van der Waals surface area contributed by atoms with Crippen LogP contribution in [0.1, 0.15) is 12.0 Å². The van der Waals surface area contributed by atoms with Crippen LogP contribution in [0.15, 0.2) is 36.4 Å². The van der Waals surface area contributed by atoms with Crippen molar-refractivity contribution in [1.82, 2.24) is 4.90 Å². The van der Waals surface area contributed by atoms with Gasteiger partial charge in [-0.1, -0.05) is 24.3 Å². The Morgan fingerprint density at radius 2 is 1.89 bits per heavy atom. The Kier molecular flexibility index (Phi) is 4.91. The summed E-state index contributed by atoms with van der Waals surface area (Å²) < 4.78 is 5.28. The van der Waals surface area contributed by atoms with E-state index in [0.717, 1.165) is 31.8 Å². The summed E-state index contributed by atoms with van der Waals surface area (Å²) in [6.07, 6.45) is 4.75. The van der Waals surface area contributed by atoms with Crippen LogP contribution in [0.25, 0.3) is 0 Å². The normalized spacial score (nSPS) is 29.9. The number of aliphatic carboxylic acids is 1. The predicted octanol–water partition coefficient (Wildman–Crippen LogP) is -0.889. The molecule has 6 nitrogen and oxygen atoms in total. The second-order valence-electron chi connectivity index (χ2n) is 7.92. The Balaban J connectivity index is 1.35. The molecule has 0 unspecified atom stereocenters. The number of ether oxygens (including phenoxy) is 1. The first kappa shape index (κ1) is 18.0. The maximum Gasteiger partial charge on any atom is 0.227 e. The molecule has 3 aliphatic rings. The van der Waals surface area contributed by atoms with Crippen LogP contribution in [0.5, 0.6) is 5.75 Å². The van der Waals surface area contributed by atoms with Gasteiger partial charge >= 0.3 is 0 Å². The lowest BCUT2D eigenvalue weighted by molar-refractivity contribution is -0.917. The van der Waals surface area contributed by atoms with Crippen LogP contribution < -0.4 is 14.7 Å². The number of allylic oxidation sites excluding steroid dienone is 2. The number of hydrogen-bond donors (Lipinski definition) is 1. The van der Waals surface area contributed by atoms with Gasteiger partial charge in [-0.15, -0.1) is 0 Å². The standard InChI is InChI=1S/C21H26N2O4/c1-27-17-4-2-3-14(11-17)13-22-7-9-23(10-8-22)20(24)18-15-5-6-16(12-15)19(18)21(25)26/h2-6,11,15-16,18-19H,7-10,12-13H2,1H3,(H,25,26)/t15-,16+,18+,19+/m1/s1. The van der Waals surface area contributed by atoms with Gasteiger partial charge in [0.2, 0.25) is 5.91 Å². The Bertz CT molecular complexity index is 754. The number of carboxylic acid groups (broad SMARTS) is 1. The van der Waals surface area contributed by atoms with Crippen LogP contribution in [-0.2, 0) is 16.1 Å². The highest BCUT2D eigenvalue weighted by Crippen LogP contribution is 2.48. The van der Waals surface area contributed by atoms with Gasteiger partial charge in [-0.25, -0.2) is 0 Å². The molecule has 1 amide bonds. The molecule has 1 aromatic carbocycles. The number of carbonyl (C=O) groups excluding carboxylic acids is 2. The maximum absolute atomic E-state index is 13.0. The van der Waals surface area contributed by atoms with Gasteiger partial charge in [0.05, 0.1) is 39.2 Å². The third kappa shape index (κ3) is 3.46. The summed E-state index contributed by atoms with van der Waals surface area (Å²) in [6, 6.07) is 8.08. The molecular formula is C21H26N2O4. The lowest BCUT2D eigenvalue weighted by Crippen LogP contribution is -3.13. The summed E-state index contributed by atoms with van der Waals surface area (Å²) in [5.74, 6) is -1.28. The summed E-state index contributed by atoms with van der Waals surface area (Å²) >= 11 is 0. The summed E-state index contributed by atoms with van der Waals surface area (Å²) in [7, 11) is 1.67. The first-order valence-electron chi connectivity index (χ1n) is 9.71. The number of rotatable bonds is 5. The van der Waals surface area contributed by atoms with Crippen molar-refractivity contribution in [3.8, 4) is 5.75 Å². The lowest BCUT2D eigenvalue weighted by Gasteiger charge is -2.37. The molecular weight excluding hydrogens is 344 g/mol. The number of methoxy groups -OCH3 is 1. The average Bonchev–Trinajstić information content (AvgIpc) is 3.29. The summed E-state index contributed by atoms with van der Waals surface area (Å²) in [5, 5.41) is 11.6. The van der Waals surface area contributed by atoms with Crippen LogP contribution in [-0.4, -0.2) is 50.1 Å². The average molecular weight is 370 g/mol. The Morgan fingerprint density at radius 1 is 1.19 bits per heavy atom. The number of fused-ring (bicyclic) bond motifs is 2. The number of carbonyl (C=O) groups is 2. The van der Waals surface area contributed by atoms with E-state index in [1.807, 2.05) is 29.2 Å². The molecule has 1 aliphatic heterocycles. The van der Waals surface area contributed by atoms with E-state index in [4.69, 9.17) is 4.74 Å².